The number of aromatic nitrogens is 2. The van der Waals surface area contributed by atoms with Crippen LogP contribution in [0.25, 0.3) is 11.4 Å². The van der Waals surface area contributed by atoms with Crippen molar-refractivity contribution in [2.45, 2.75) is 11.4 Å². The fourth-order valence-corrected chi connectivity index (χ4v) is 4.34. The lowest BCUT2D eigenvalue weighted by molar-refractivity contribution is 0.1000. The zero-order chi connectivity index (χ0) is 25.0. The van der Waals surface area contributed by atoms with Gasteiger partial charge in [-0.15, -0.1) is 0 Å². The first-order valence-corrected chi connectivity index (χ1v) is 12.4. The van der Waals surface area contributed by atoms with Crippen LogP contribution in [-0.2, 0) is 16.4 Å². The summed E-state index contributed by atoms with van der Waals surface area (Å²) >= 11 is 0. The Kier molecular flexibility index (Phi) is 6.65. The number of nitrogens with two attached hydrogens (primary N) is 2. The fourth-order valence-electron chi connectivity index (χ4n) is 3.53. The monoisotopic (exact) mass is 489 g/mol. The Morgan fingerprint density at radius 1 is 1.00 bits per heavy atom. The van der Waals surface area contributed by atoms with Gasteiger partial charge in [-0.05, 0) is 42.0 Å². The van der Waals surface area contributed by atoms with Crippen LogP contribution in [0.4, 0.5) is 0 Å². The second-order valence-corrected chi connectivity index (χ2v) is 9.72. The van der Waals surface area contributed by atoms with Gasteiger partial charge in [-0.25, -0.2) is 13.4 Å². The van der Waals surface area contributed by atoms with Crippen molar-refractivity contribution in [3.63, 3.8) is 0 Å². The van der Waals surface area contributed by atoms with E-state index in [9.17, 15) is 13.2 Å². The lowest BCUT2D eigenvalue weighted by Gasteiger charge is -2.14. The third-order valence-electron chi connectivity index (χ3n) is 5.08. The molecule has 0 aliphatic rings. The molecule has 4 aromatic rings. The van der Waals surface area contributed by atoms with Crippen molar-refractivity contribution in [2.75, 3.05) is 6.26 Å². The summed E-state index contributed by atoms with van der Waals surface area (Å²) in [4.78, 5) is 20.3. The molecule has 10 heteroatoms. The molecule has 0 aliphatic heterocycles. The number of carbonyl (C=O) groups is 1. The molecule has 0 spiro atoms. The van der Waals surface area contributed by atoms with Gasteiger partial charge in [0.1, 0.15) is 16.5 Å². The molecule has 0 saturated heterocycles. The lowest BCUT2D eigenvalue weighted by atomic mass is 10.1. The van der Waals surface area contributed by atoms with E-state index in [1.165, 1.54) is 18.2 Å². The predicted octanol–water partition coefficient (Wildman–Crippen LogP) is 3.21. The van der Waals surface area contributed by atoms with Crippen molar-refractivity contribution < 1.29 is 17.9 Å². The molecule has 0 unspecified atom stereocenters. The minimum atomic E-state index is -3.72. The van der Waals surface area contributed by atoms with Crippen LogP contribution in [0.3, 0.4) is 0 Å². The van der Waals surface area contributed by atoms with Crippen molar-refractivity contribution in [1.82, 2.24) is 9.55 Å². The van der Waals surface area contributed by atoms with Crippen LogP contribution in [0.1, 0.15) is 15.9 Å². The molecule has 4 rings (SSSR count). The van der Waals surface area contributed by atoms with Gasteiger partial charge in [0.05, 0.1) is 5.56 Å². The van der Waals surface area contributed by atoms with Gasteiger partial charge in [0.25, 0.3) is 5.91 Å². The summed E-state index contributed by atoms with van der Waals surface area (Å²) in [6.07, 6.45) is 4.66. The summed E-state index contributed by atoms with van der Waals surface area (Å²) in [5.74, 6) is -0.320. The minimum absolute atomic E-state index is 0.0798. The zero-order valence-electron chi connectivity index (χ0n) is 18.8. The molecule has 1 aromatic heterocycles. The van der Waals surface area contributed by atoms with Gasteiger partial charge in [-0.3, -0.25) is 4.79 Å². The van der Waals surface area contributed by atoms with Gasteiger partial charge in [0.2, 0.25) is 0 Å². The number of aliphatic imine (C=N–C) groups is 1. The number of nitrogens with zero attached hydrogens (tertiary/aromatic N) is 3. The highest BCUT2D eigenvalue weighted by Crippen LogP contribution is 2.34. The molecule has 0 fully saturated rings. The normalized spacial score (nSPS) is 11.1. The summed E-state index contributed by atoms with van der Waals surface area (Å²) in [5.41, 5.74) is 12.5. The Morgan fingerprint density at radius 2 is 1.71 bits per heavy atom. The van der Waals surface area contributed by atoms with E-state index in [1.807, 2.05) is 41.1 Å². The van der Waals surface area contributed by atoms with Crippen molar-refractivity contribution in [3.8, 4) is 22.9 Å². The number of rotatable bonds is 7. The molecule has 0 radical (unpaired) electrons. The first kappa shape index (κ1) is 23.7. The molecular formula is C25H23N5O4S. The highest BCUT2D eigenvalue weighted by atomic mass is 32.2. The number of hydrogen-bond donors (Lipinski definition) is 2. The average Bonchev–Trinajstić information content (AvgIpc) is 3.27. The number of hydrogen-bond acceptors (Lipinski definition) is 5. The van der Waals surface area contributed by atoms with Crippen LogP contribution in [0.15, 0.2) is 95.1 Å². The number of benzene rings is 3. The lowest BCUT2D eigenvalue weighted by Crippen LogP contribution is -2.24. The maximum Gasteiger partial charge on any atom is 0.284 e. The molecule has 1 amide bonds. The van der Waals surface area contributed by atoms with Crippen LogP contribution in [0, 0.1) is 0 Å². The van der Waals surface area contributed by atoms with E-state index in [4.69, 9.17) is 16.2 Å². The second-order valence-electron chi connectivity index (χ2n) is 7.74. The zero-order valence-corrected chi connectivity index (χ0v) is 19.6. The molecular weight excluding hydrogens is 466 g/mol. The van der Waals surface area contributed by atoms with Gasteiger partial charge >= 0.3 is 0 Å². The van der Waals surface area contributed by atoms with E-state index < -0.39 is 21.7 Å². The Morgan fingerprint density at radius 3 is 2.37 bits per heavy atom. The smallest absolute Gasteiger partial charge is 0.284 e. The Balaban J connectivity index is 1.66. The van der Waals surface area contributed by atoms with Gasteiger partial charge in [0.15, 0.2) is 21.5 Å². The molecule has 9 nitrogen and oxygen atoms in total. The molecule has 0 bridgehead atoms. The summed E-state index contributed by atoms with van der Waals surface area (Å²) in [5, 5.41) is 0. The number of sulfone groups is 1. The van der Waals surface area contributed by atoms with E-state index in [1.54, 1.807) is 30.5 Å². The largest absolute Gasteiger partial charge is 0.455 e. The van der Waals surface area contributed by atoms with Crippen LogP contribution in [0.5, 0.6) is 11.5 Å². The van der Waals surface area contributed by atoms with Crippen LogP contribution in [0.2, 0.25) is 0 Å². The summed E-state index contributed by atoms with van der Waals surface area (Å²) in [6.45, 7) is 0.659. The molecule has 4 N–H and O–H groups in total. The molecule has 3 aromatic carbocycles. The number of amides is 1. The standard InChI is InChI=1S/C25H23N5O4S/c1-35(32,33)21-9-5-8-20(24(31)29-25(26)27)22(21)34-19-12-10-18(11-13-19)23-28-14-15-30(23)16-17-6-3-2-4-7-17/h2-15H,16H2,1H3,(H4,26,27,29,31). The molecule has 35 heavy (non-hydrogen) atoms. The van der Waals surface area contributed by atoms with Gasteiger partial charge in [-0.1, -0.05) is 36.4 Å². The number of imidazole rings is 1. The molecule has 178 valence electrons. The Labute approximate surface area is 202 Å². The van der Waals surface area contributed by atoms with Crippen molar-refractivity contribution in [1.29, 1.82) is 0 Å². The first-order chi connectivity index (χ1) is 16.7. The number of carbonyl (C=O) groups excluding carboxylic acids is 1. The van der Waals surface area contributed by atoms with E-state index >= 15 is 0 Å². The Hall–Kier alpha value is -4.44. The predicted molar refractivity (Wildman–Crippen MR) is 133 cm³/mol. The number of ether oxygens (including phenoxy) is 1. The average molecular weight is 490 g/mol. The van der Waals surface area contributed by atoms with Crippen LogP contribution < -0.4 is 16.2 Å². The molecule has 0 atom stereocenters. The maximum atomic E-state index is 12.5. The van der Waals surface area contributed by atoms with Gasteiger partial charge in [-0.2, -0.15) is 4.99 Å². The van der Waals surface area contributed by atoms with Crippen LogP contribution in [-0.4, -0.2) is 36.1 Å². The highest BCUT2D eigenvalue weighted by Gasteiger charge is 2.23. The van der Waals surface area contributed by atoms with E-state index in [0.717, 1.165) is 23.2 Å². The summed E-state index contributed by atoms with van der Waals surface area (Å²) < 4.78 is 32.6. The van der Waals surface area contributed by atoms with Crippen molar-refractivity contribution in [3.05, 3.63) is 96.3 Å². The highest BCUT2D eigenvalue weighted by molar-refractivity contribution is 7.90. The van der Waals surface area contributed by atoms with Crippen molar-refractivity contribution in [2.24, 2.45) is 16.5 Å². The van der Waals surface area contributed by atoms with Gasteiger partial charge < -0.3 is 20.8 Å². The van der Waals surface area contributed by atoms with Crippen molar-refractivity contribution >= 4 is 21.7 Å². The van der Waals surface area contributed by atoms with Gasteiger partial charge in [0, 0.05) is 30.8 Å². The van der Waals surface area contributed by atoms with Crippen LogP contribution >= 0.6 is 0 Å². The third kappa shape index (κ3) is 5.56. The number of para-hydroxylation sites is 1. The quantitative estimate of drug-likeness (QED) is 0.300. The third-order valence-corrected chi connectivity index (χ3v) is 6.20. The molecule has 0 aliphatic carbocycles. The van der Waals surface area contributed by atoms with E-state index in [2.05, 4.69) is 9.98 Å². The van der Waals surface area contributed by atoms with E-state index in [0.29, 0.717) is 12.3 Å². The minimum Gasteiger partial charge on any atom is -0.455 e. The SMILES string of the molecule is CS(=O)(=O)c1cccc(C(=O)N=C(N)N)c1Oc1ccc(-c2nccn2Cc2ccccc2)cc1. The second kappa shape index (κ2) is 9.82. The fraction of sp³-hybridized carbons (Fsp3) is 0.0800. The molecule has 0 saturated carbocycles. The summed E-state index contributed by atoms with van der Waals surface area (Å²) in [6, 6.07) is 21.2. The topological polar surface area (TPSA) is 143 Å². The Bertz CT molecular complexity index is 1490. The number of guanidine groups is 1. The van der Waals surface area contributed by atoms with E-state index in [-0.39, 0.29) is 16.2 Å². The maximum absolute atomic E-state index is 12.5. The first-order valence-electron chi connectivity index (χ1n) is 10.5. The summed E-state index contributed by atoms with van der Waals surface area (Å²) in [7, 11) is -3.72. The molecule has 1 heterocycles.